The molecule has 1 aliphatic heterocycles. The summed E-state index contributed by atoms with van der Waals surface area (Å²) in [7, 11) is 0. The number of hydrogen-bond acceptors (Lipinski definition) is 3. The van der Waals surface area contributed by atoms with Gasteiger partial charge in [0.05, 0.1) is 5.54 Å². The highest BCUT2D eigenvalue weighted by Gasteiger charge is 2.55. The monoisotopic (exact) mass is 355 g/mol. The minimum absolute atomic E-state index is 0.193. The van der Waals surface area contributed by atoms with Gasteiger partial charge in [0.2, 0.25) is 6.67 Å². The molecule has 2 aromatic rings. The summed E-state index contributed by atoms with van der Waals surface area (Å²) in [5, 5.41) is 7.41. The zero-order valence-corrected chi connectivity index (χ0v) is 15.6. The van der Waals surface area contributed by atoms with Crippen LogP contribution in [0.2, 0.25) is 0 Å². The number of hydrogen-bond donors (Lipinski definition) is 0. The quantitative estimate of drug-likeness (QED) is 0.759. The van der Waals surface area contributed by atoms with Crippen molar-refractivity contribution >= 4 is 11.5 Å². The second-order valence-electron chi connectivity index (χ2n) is 9.01. The van der Waals surface area contributed by atoms with Crippen molar-refractivity contribution in [3.05, 3.63) is 72.9 Å². The molecule has 2 aromatic carbocycles. The fourth-order valence-electron chi connectivity index (χ4n) is 6.37. The molecule has 0 aromatic heterocycles. The highest BCUT2D eigenvalue weighted by Crippen LogP contribution is 2.58. The largest absolute Gasteiger partial charge is 0.291 e. The topological polar surface area (TPSA) is 18.8 Å². The number of amidine groups is 1. The van der Waals surface area contributed by atoms with E-state index in [4.69, 9.17) is 5.10 Å². The zero-order chi connectivity index (χ0) is 17.8. The van der Waals surface area contributed by atoms with Crippen LogP contribution in [-0.4, -0.2) is 16.4 Å². The summed E-state index contributed by atoms with van der Waals surface area (Å²) in [5.74, 6) is 3.70. The molecular weight excluding hydrogens is 330 g/mol. The molecule has 3 nitrogen and oxygen atoms in total. The minimum Gasteiger partial charge on any atom is -0.291 e. The van der Waals surface area contributed by atoms with E-state index in [-0.39, 0.29) is 5.54 Å². The Labute approximate surface area is 161 Å². The second kappa shape index (κ2) is 5.85. The maximum absolute atomic E-state index is 5.17. The molecule has 27 heavy (non-hydrogen) atoms. The summed E-state index contributed by atoms with van der Waals surface area (Å²) in [5.41, 5.74) is 2.48. The van der Waals surface area contributed by atoms with Gasteiger partial charge >= 0.3 is 0 Å². The first-order valence-electron chi connectivity index (χ1n) is 10.3. The van der Waals surface area contributed by atoms with Crippen molar-refractivity contribution in [2.75, 3.05) is 4.90 Å². The Balaban J connectivity index is 1.40. The molecule has 0 N–H and O–H groups in total. The normalized spacial score (nSPS) is 34.2. The van der Waals surface area contributed by atoms with E-state index < -0.39 is 0 Å². The van der Waals surface area contributed by atoms with Crippen molar-refractivity contribution < 1.29 is 0 Å². The summed E-state index contributed by atoms with van der Waals surface area (Å²) >= 11 is 0. The first kappa shape index (κ1) is 15.7. The third-order valence-corrected chi connectivity index (χ3v) is 7.10. The van der Waals surface area contributed by atoms with Crippen molar-refractivity contribution in [1.29, 1.82) is 0 Å². The number of para-hydroxylation sites is 1. The van der Waals surface area contributed by atoms with Crippen LogP contribution in [0.5, 0.6) is 0 Å². The molecule has 0 spiro atoms. The van der Waals surface area contributed by atoms with Gasteiger partial charge in [-0.3, -0.25) is 9.91 Å². The fraction of sp³-hybridized carbons (Fsp3) is 0.417. The standard InChI is InChI=1S/C24H25N3/c1-3-7-21(8-4-1)23-25-27(17-26(23)22-9-5-2-6-10-22)24-14-18-11-19(15-24)13-20(12-18)16-24/h1-10,18-20H,11-16H2. The van der Waals surface area contributed by atoms with Crippen LogP contribution in [0.25, 0.3) is 0 Å². The predicted molar refractivity (Wildman–Crippen MR) is 108 cm³/mol. The first-order valence-corrected chi connectivity index (χ1v) is 10.3. The summed E-state index contributed by atoms with van der Waals surface area (Å²) in [6, 6.07) is 21.1. The lowest BCUT2D eigenvalue weighted by Crippen LogP contribution is -2.57. The lowest BCUT2D eigenvalue weighted by molar-refractivity contribution is -0.0747. The van der Waals surface area contributed by atoms with Gasteiger partial charge in [-0.05, 0) is 68.4 Å². The SMILES string of the molecule is [C]1N(c2ccccc2)C(c2ccccc2)=NN1C12CC3CC(CC(C3)C1)C2. The predicted octanol–water partition coefficient (Wildman–Crippen LogP) is 5.14. The molecule has 4 saturated carbocycles. The van der Waals surface area contributed by atoms with Crippen LogP contribution in [0.3, 0.4) is 0 Å². The summed E-state index contributed by atoms with van der Waals surface area (Å²) in [6.07, 6.45) is 8.22. The molecule has 0 saturated heterocycles. The summed E-state index contributed by atoms with van der Waals surface area (Å²) in [6.45, 7) is 3.68. The van der Waals surface area contributed by atoms with Gasteiger partial charge in [-0.1, -0.05) is 48.5 Å². The van der Waals surface area contributed by atoms with E-state index in [9.17, 15) is 0 Å². The van der Waals surface area contributed by atoms with E-state index in [1.807, 2.05) is 0 Å². The van der Waals surface area contributed by atoms with E-state index in [0.717, 1.165) is 34.8 Å². The molecule has 1 heterocycles. The van der Waals surface area contributed by atoms with Gasteiger partial charge in [0, 0.05) is 11.3 Å². The Bertz CT molecular complexity index is 822. The van der Waals surface area contributed by atoms with Crippen molar-refractivity contribution in [2.45, 2.75) is 44.1 Å². The highest BCUT2D eigenvalue weighted by atomic mass is 15.6. The van der Waals surface area contributed by atoms with Crippen molar-refractivity contribution in [2.24, 2.45) is 22.9 Å². The van der Waals surface area contributed by atoms with Gasteiger partial charge in [0.1, 0.15) is 0 Å². The lowest BCUT2D eigenvalue weighted by Gasteiger charge is -2.58. The number of rotatable bonds is 3. The van der Waals surface area contributed by atoms with E-state index >= 15 is 0 Å². The molecule has 4 bridgehead atoms. The smallest absolute Gasteiger partial charge is 0.233 e. The molecule has 4 fully saturated rings. The third-order valence-electron chi connectivity index (χ3n) is 7.10. The molecule has 2 radical (unpaired) electrons. The van der Waals surface area contributed by atoms with Crippen molar-refractivity contribution in [3.8, 4) is 0 Å². The van der Waals surface area contributed by atoms with Gasteiger partial charge in [-0.2, -0.15) is 5.10 Å². The van der Waals surface area contributed by atoms with Crippen molar-refractivity contribution in [3.63, 3.8) is 0 Å². The Morgan fingerprint density at radius 1 is 0.778 bits per heavy atom. The average molecular weight is 355 g/mol. The van der Waals surface area contributed by atoms with Crippen LogP contribution in [0.15, 0.2) is 65.8 Å². The van der Waals surface area contributed by atoms with Crippen LogP contribution in [0, 0.1) is 24.4 Å². The Morgan fingerprint density at radius 2 is 1.33 bits per heavy atom. The van der Waals surface area contributed by atoms with E-state index in [1.54, 1.807) is 0 Å². The van der Waals surface area contributed by atoms with Crippen LogP contribution in [-0.2, 0) is 0 Å². The molecule has 136 valence electrons. The molecule has 3 heteroatoms. The fourth-order valence-corrected chi connectivity index (χ4v) is 6.37. The maximum Gasteiger partial charge on any atom is 0.233 e. The minimum atomic E-state index is 0.193. The van der Waals surface area contributed by atoms with Crippen LogP contribution < -0.4 is 4.90 Å². The van der Waals surface area contributed by atoms with Crippen molar-refractivity contribution in [1.82, 2.24) is 5.01 Å². The molecule has 5 aliphatic rings. The number of nitrogens with zero attached hydrogens (tertiary/aromatic N) is 3. The molecule has 0 amide bonds. The van der Waals surface area contributed by atoms with Crippen LogP contribution in [0.4, 0.5) is 5.69 Å². The average Bonchev–Trinajstić information content (AvgIpc) is 3.15. The molecule has 0 unspecified atom stereocenters. The van der Waals surface area contributed by atoms with Gasteiger partial charge in [0.25, 0.3) is 0 Å². The molecule has 0 atom stereocenters. The Kier molecular flexibility index (Phi) is 3.41. The van der Waals surface area contributed by atoms with E-state index in [1.165, 1.54) is 38.5 Å². The Hall–Kier alpha value is -2.29. The highest BCUT2D eigenvalue weighted by molar-refractivity contribution is 6.11. The second-order valence-corrected chi connectivity index (χ2v) is 9.01. The molecule has 4 aliphatic carbocycles. The number of hydrazone groups is 1. The van der Waals surface area contributed by atoms with Crippen LogP contribution >= 0.6 is 0 Å². The summed E-state index contributed by atoms with van der Waals surface area (Å²) < 4.78 is 0. The molecule has 7 rings (SSSR count). The Morgan fingerprint density at radius 3 is 1.93 bits per heavy atom. The molecular formula is C24H25N3. The van der Waals surface area contributed by atoms with Gasteiger partial charge < -0.3 is 0 Å². The first-order chi connectivity index (χ1) is 13.3. The van der Waals surface area contributed by atoms with Gasteiger partial charge in [-0.25, -0.2) is 0 Å². The van der Waals surface area contributed by atoms with Gasteiger partial charge in [-0.15, -0.1) is 0 Å². The number of benzene rings is 2. The number of anilines is 1. The van der Waals surface area contributed by atoms with Crippen LogP contribution in [0.1, 0.15) is 44.1 Å². The summed E-state index contributed by atoms with van der Waals surface area (Å²) in [4.78, 5) is 2.16. The maximum atomic E-state index is 5.17. The zero-order valence-electron chi connectivity index (χ0n) is 15.6. The van der Waals surface area contributed by atoms with E-state index in [2.05, 4.69) is 77.2 Å². The third kappa shape index (κ3) is 2.51. The van der Waals surface area contributed by atoms with Gasteiger partial charge in [0.15, 0.2) is 5.84 Å². The van der Waals surface area contributed by atoms with E-state index in [0.29, 0.717) is 0 Å². The lowest BCUT2D eigenvalue weighted by atomic mass is 9.53.